The predicted octanol–water partition coefficient (Wildman–Crippen LogP) is 1.54. The van der Waals surface area contributed by atoms with Crippen molar-refractivity contribution >= 4 is 27.9 Å². The van der Waals surface area contributed by atoms with Crippen molar-refractivity contribution in [2.45, 2.75) is 37.6 Å². The van der Waals surface area contributed by atoms with E-state index in [1.165, 1.54) is 0 Å². The number of amides is 2. The van der Waals surface area contributed by atoms with Crippen LogP contribution >= 0.6 is 15.9 Å². The minimum atomic E-state index is -0.496. The third-order valence-corrected chi connectivity index (χ3v) is 3.57. The first-order chi connectivity index (χ1) is 10.8. The largest absolute Gasteiger partial charge is 0.444 e. The average Bonchev–Trinajstić information content (AvgIpc) is 2.73. The second kappa shape index (κ2) is 10.1. The van der Waals surface area contributed by atoms with Gasteiger partial charge in [0.2, 0.25) is 5.91 Å². The van der Waals surface area contributed by atoms with Gasteiger partial charge in [0.15, 0.2) is 0 Å². The van der Waals surface area contributed by atoms with Crippen LogP contribution < -0.4 is 5.32 Å². The molecule has 2 amide bonds. The quantitative estimate of drug-likeness (QED) is 0.474. The fourth-order valence-corrected chi connectivity index (χ4v) is 2.60. The SMILES string of the molecule is CC(C)(C)OC(=O)NCCOCCOCCN1CC(Br)CC1=O. The molecule has 8 heteroatoms. The molecule has 1 aliphatic heterocycles. The van der Waals surface area contributed by atoms with Gasteiger partial charge in [0, 0.05) is 30.9 Å². The monoisotopic (exact) mass is 394 g/mol. The molecule has 0 aromatic carbocycles. The molecule has 23 heavy (non-hydrogen) atoms. The molecule has 134 valence electrons. The van der Waals surface area contributed by atoms with E-state index in [1.807, 2.05) is 20.8 Å². The lowest BCUT2D eigenvalue weighted by Crippen LogP contribution is -2.34. The number of alkyl halides is 1. The zero-order valence-corrected chi connectivity index (χ0v) is 15.7. The molecule has 7 nitrogen and oxygen atoms in total. The molecule has 1 atom stereocenters. The van der Waals surface area contributed by atoms with Crippen LogP contribution in [-0.4, -0.2) is 73.4 Å². The number of rotatable bonds is 9. The molecule has 0 bridgehead atoms. The molecule has 1 heterocycles. The van der Waals surface area contributed by atoms with Crippen LogP contribution in [0.3, 0.4) is 0 Å². The van der Waals surface area contributed by atoms with Crippen LogP contribution in [0.2, 0.25) is 0 Å². The summed E-state index contributed by atoms with van der Waals surface area (Å²) in [4.78, 5) is 25.0. The average molecular weight is 395 g/mol. The summed E-state index contributed by atoms with van der Waals surface area (Å²) < 4.78 is 15.9. The molecule has 0 saturated carbocycles. The van der Waals surface area contributed by atoms with Gasteiger partial charge in [-0.25, -0.2) is 4.79 Å². The molecule has 1 saturated heterocycles. The second-order valence-corrected chi connectivity index (χ2v) is 7.59. The summed E-state index contributed by atoms with van der Waals surface area (Å²) in [5.74, 6) is 0.167. The Morgan fingerprint density at radius 1 is 1.26 bits per heavy atom. The van der Waals surface area contributed by atoms with Crippen LogP contribution in [0.25, 0.3) is 0 Å². The Hall–Kier alpha value is -0.860. The lowest BCUT2D eigenvalue weighted by molar-refractivity contribution is -0.128. The predicted molar refractivity (Wildman–Crippen MR) is 89.8 cm³/mol. The normalized spacial score (nSPS) is 18.3. The molecule has 0 aliphatic carbocycles. The smallest absolute Gasteiger partial charge is 0.407 e. The molecular formula is C15H27BrN2O5. The van der Waals surface area contributed by atoms with Crippen LogP contribution in [0.15, 0.2) is 0 Å². The number of likely N-dealkylation sites (tertiary alicyclic amines) is 1. The second-order valence-electron chi connectivity index (χ2n) is 6.29. The maximum Gasteiger partial charge on any atom is 0.407 e. The summed E-state index contributed by atoms with van der Waals surface area (Å²) in [5, 5.41) is 2.61. The molecule has 0 aromatic rings. The van der Waals surface area contributed by atoms with Crippen molar-refractivity contribution in [2.75, 3.05) is 46.1 Å². The van der Waals surface area contributed by atoms with E-state index in [0.29, 0.717) is 45.9 Å². The van der Waals surface area contributed by atoms with Crippen LogP contribution in [0.5, 0.6) is 0 Å². The fourth-order valence-electron chi connectivity index (χ4n) is 1.98. The maximum atomic E-state index is 11.5. The highest BCUT2D eigenvalue weighted by molar-refractivity contribution is 9.09. The Morgan fingerprint density at radius 3 is 2.48 bits per heavy atom. The lowest BCUT2D eigenvalue weighted by atomic mass is 10.2. The van der Waals surface area contributed by atoms with E-state index >= 15 is 0 Å². The minimum Gasteiger partial charge on any atom is -0.444 e. The Morgan fingerprint density at radius 2 is 1.91 bits per heavy atom. The number of hydrogen-bond acceptors (Lipinski definition) is 5. The summed E-state index contributed by atoms with van der Waals surface area (Å²) in [6.07, 6.45) is 0.117. The van der Waals surface area contributed by atoms with Gasteiger partial charge in [0.1, 0.15) is 5.60 Å². The first kappa shape index (κ1) is 20.2. The summed E-state index contributed by atoms with van der Waals surface area (Å²) >= 11 is 3.44. The third-order valence-electron chi connectivity index (χ3n) is 2.96. The number of nitrogens with one attached hydrogen (secondary N) is 1. The summed E-state index contributed by atoms with van der Waals surface area (Å²) in [7, 11) is 0. The molecule has 0 spiro atoms. The number of nitrogens with zero attached hydrogens (tertiary/aromatic N) is 1. The number of carbonyl (C=O) groups excluding carboxylic acids is 2. The molecule has 1 unspecified atom stereocenters. The van der Waals surface area contributed by atoms with E-state index < -0.39 is 11.7 Å². The molecular weight excluding hydrogens is 368 g/mol. The van der Waals surface area contributed by atoms with E-state index in [-0.39, 0.29) is 10.7 Å². The maximum absolute atomic E-state index is 11.5. The van der Waals surface area contributed by atoms with Gasteiger partial charge in [0.25, 0.3) is 0 Å². The molecule has 0 radical (unpaired) electrons. The van der Waals surface area contributed by atoms with Gasteiger partial charge in [-0.2, -0.15) is 0 Å². The topological polar surface area (TPSA) is 77.1 Å². The van der Waals surface area contributed by atoms with Gasteiger partial charge >= 0.3 is 6.09 Å². The number of halogens is 1. The minimum absolute atomic E-state index is 0.167. The number of alkyl carbamates (subject to hydrolysis) is 1. The van der Waals surface area contributed by atoms with Gasteiger partial charge in [-0.05, 0) is 20.8 Å². The lowest BCUT2D eigenvalue weighted by Gasteiger charge is -2.19. The molecule has 0 aromatic heterocycles. The highest BCUT2D eigenvalue weighted by atomic mass is 79.9. The number of carbonyl (C=O) groups is 2. The molecule has 1 fully saturated rings. The highest BCUT2D eigenvalue weighted by Crippen LogP contribution is 2.17. The van der Waals surface area contributed by atoms with Crippen molar-refractivity contribution in [3.63, 3.8) is 0 Å². The van der Waals surface area contributed by atoms with Gasteiger partial charge in [-0.15, -0.1) is 0 Å². The Labute approximate surface area is 146 Å². The van der Waals surface area contributed by atoms with Crippen LogP contribution in [-0.2, 0) is 19.0 Å². The van der Waals surface area contributed by atoms with E-state index in [1.54, 1.807) is 4.90 Å². The number of ether oxygens (including phenoxy) is 3. The van der Waals surface area contributed by atoms with Crippen molar-refractivity contribution in [2.24, 2.45) is 0 Å². The Bertz CT molecular complexity index is 387. The van der Waals surface area contributed by atoms with Gasteiger partial charge < -0.3 is 24.4 Å². The van der Waals surface area contributed by atoms with Crippen LogP contribution in [0, 0.1) is 0 Å². The summed E-state index contributed by atoms with van der Waals surface area (Å²) in [6, 6.07) is 0. The molecule has 1 rings (SSSR count). The standard InChI is InChI=1S/C15H27BrN2O5/c1-15(2,3)23-14(20)17-4-6-21-8-9-22-7-5-18-11-12(16)10-13(18)19/h12H,4-11H2,1-3H3,(H,17,20). The van der Waals surface area contributed by atoms with Crippen molar-refractivity contribution in [1.29, 1.82) is 0 Å². The summed E-state index contributed by atoms with van der Waals surface area (Å²) in [6.45, 7) is 9.01. The van der Waals surface area contributed by atoms with Crippen molar-refractivity contribution in [3.05, 3.63) is 0 Å². The Balaban J connectivity index is 1.88. The van der Waals surface area contributed by atoms with Gasteiger partial charge in [-0.1, -0.05) is 15.9 Å². The first-order valence-electron chi connectivity index (χ1n) is 7.82. The van der Waals surface area contributed by atoms with E-state index in [9.17, 15) is 9.59 Å². The summed E-state index contributed by atoms with van der Waals surface area (Å²) in [5.41, 5.74) is -0.496. The first-order valence-corrected chi connectivity index (χ1v) is 8.73. The van der Waals surface area contributed by atoms with Crippen molar-refractivity contribution < 1.29 is 23.8 Å². The van der Waals surface area contributed by atoms with Crippen LogP contribution in [0.4, 0.5) is 4.79 Å². The number of hydrogen-bond donors (Lipinski definition) is 1. The molecule has 1 aliphatic rings. The third kappa shape index (κ3) is 9.78. The zero-order valence-electron chi connectivity index (χ0n) is 14.1. The zero-order chi connectivity index (χ0) is 17.3. The van der Waals surface area contributed by atoms with E-state index in [2.05, 4.69) is 21.2 Å². The van der Waals surface area contributed by atoms with Gasteiger partial charge in [-0.3, -0.25) is 4.79 Å². The highest BCUT2D eigenvalue weighted by Gasteiger charge is 2.26. The van der Waals surface area contributed by atoms with Gasteiger partial charge in [0.05, 0.1) is 26.4 Å². The van der Waals surface area contributed by atoms with Crippen molar-refractivity contribution in [1.82, 2.24) is 10.2 Å². The van der Waals surface area contributed by atoms with Crippen molar-refractivity contribution in [3.8, 4) is 0 Å². The van der Waals surface area contributed by atoms with Crippen LogP contribution in [0.1, 0.15) is 27.2 Å². The fraction of sp³-hybridized carbons (Fsp3) is 0.867. The Kier molecular flexibility index (Phi) is 8.86. The van der Waals surface area contributed by atoms with E-state index in [4.69, 9.17) is 14.2 Å². The van der Waals surface area contributed by atoms with E-state index in [0.717, 1.165) is 6.54 Å². The molecule has 1 N–H and O–H groups in total.